The zero-order chi connectivity index (χ0) is 14.0. The summed E-state index contributed by atoms with van der Waals surface area (Å²) in [6.07, 6.45) is 1.67. The average Bonchev–Trinajstić information content (AvgIpc) is 2.38. The first-order valence-corrected chi connectivity index (χ1v) is 6.76. The Balaban J connectivity index is 2.41. The van der Waals surface area contributed by atoms with Gasteiger partial charge in [0.2, 0.25) is 11.8 Å². The number of aryl methyl sites for hydroxylation is 2. The second kappa shape index (κ2) is 5.57. The van der Waals surface area contributed by atoms with Crippen LogP contribution in [0.2, 0.25) is 0 Å². The fourth-order valence-corrected chi connectivity index (χ4v) is 2.03. The summed E-state index contributed by atoms with van der Waals surface area (Å²) >= 11 is 3.40. The molecule has 0 amide bonds. The molecule has 0 saturated carbocycles. The minimum Gasteiger partial charge on any atom is -0.437 e. The van der Waals surface area contributed by atoms with Crippen LogP contribution in [0.3, 0.4) is 0 Å². The van der Waals surface area contributed by atoms with Crippen molar-refractivity contribution in [1.29, 1.82) is 0 Å². The van der Waals surface area contributed by atoms with Crippen LogP contribution in [0.25, 0.3) is 0 Å². The number of hydrogen-bond acceptors (Lipinski definition) is 4. The lowest BCUT2D eigenvalue weighted by molar-refractivity contribution is 0.455. The van der Waals surface area contributed by atoms with Gasteiger partial charge in [-0.25, -0.2) is 4.98 Å². The van der Waals surface area contributed by atoms with Crippen LogP contribution in [-0.4, -0.2) is 17.0 Å². The third-order valence-electron chi connectivity index (χ3n) is 2.91. The largest absolute Gasteiger partial charge is 0.437 e. The summed E-state index contributed by atoms with van der Waals surface area (Å²) in [5.41, 5.74) is 3.48. The Morgan fingerprint density at radius 2 is 1.95 bits per heavy atom. The number of aromatic nitrogens is 2. The van der Waals surface area contributed by atoms with Crippen molar-refractivity contribution in [2.75, 3.05) is 12.4 Å². The molecule has 0 saturated heterocycles. The van der Waals surface area contributed by atoms with E-state index in [-0.39, 0.29) is 0 Å². The summed E-state index contributed by atoms with van der Waals surface area (Å²) in [5, 5.41) is 2.89. The summed E-state index contributed by atoms with van der Waals surface area (Å²) in [4.78, 5) is 8.40. The highest BCUT2D eigenvalue weighted by atomic mass is 79.9. The Morgan fingerprint density at radius 1 is 1.21 bits per heavy atom. The molecule has 1 heterocycles. The van der Waals surface area contributed by atoms with Gasteiger partial charge >= 0.3 is 0 Å². The van der Waals surface area contributed by atoms with Crippen LogP contribution < -0.4 is 10.1 Å². The SMILES string of the molecule is CNc1ncc(Br)c(Oc2cc(C)cc(C)c2C)n1. The van der Waals surface area contributed by atoms with E-state index in [9.17, 15) is 0 Å². The van der Waals surface area contributed by atoms with Gasteiger partial charge in [-0.15, -0.1) is 0 Å². The molecule has 19 heavy (non-hydrogen) atoms. The average molecular weight is 322 g/mol. The van der Waals surface area contributed by atoms with Gasteiger partial charge in [-0.2, -0.15) is 4.98 Å². The van der Waals surface area contributed by atoms with E-state index in [1.165, 1.54) is 5.56 Å². The lowest BCUT2D eigenvalue weighted by Crippen LogP contribution is -1.99. The normalized spacial score (nSPS) is 10.4. The lowest BCUT2D eigenvalue weighted by Gasteiger charge is -2.12. The van der Waals surface area contributed by atoms with Gasteiger partial charge in [0.15, 0.2) is 0 Å². The fraction of sp³-hybridized carbons (Fsp3) is 0.286. The summed E-state index contributed by atoms with van der Waals surface area (Å²) < 4.78 is 6.63. The maximum absolute atomic E-state index is 5.91. The Morgan fingerprint density at radius 3 is 2.63 bits per heavy atom. The quantitative estimate of drug-likeness (QED) is 0.928. The van der Waals surface area contributed by atoms with Crippen molar-refractivity contribution in [2.24, 2.45) is 0 Å². The highest BCUT2D eigenvalue weighted by molar-refractivity contribution is 9.10. The molecule has 0 unspecified atom stereocenters. The summed E-state index contributed by atoms with van der Waals surface area (Å²) in [6.45, 7) is 6.16. The van der Waals surface area contributed by atoms with E-state index in [2.05, 4.69) is 44.2 Å². The van der Waals surface area contributed by atoms with E-state index in [1.54, 1.807) is 13.2 Å². The van der Waals surface area contributed by atoms with Gasteiger partial charge < -0.3 is 10.1 Å². The van der Waals surface area contributed by atoms with Gasteiger partial charge in [-0.3, -0.25) is 0 Å². The van der Waals surface area contributed by atoms with Crippen LogP contribution in [0.4, 0.5) is 5.95 Å². The highest BCUT2D eigenvalue weighted by Gasteiger charge is 2.10. The van der Waals surface area contributed by atoms with Gasteiger partial charge in [0.05, 0.1) is 10.7 Å². The minimum atomic E-state index is 0.507. The molecule has 4 nitrogen and oxygen atoms in total. The van der Waals surface area contributed by atoms with Crippen molar-refractivity contribution in [2.45, 2.75) is 20.8 Å². The van der Waals surface area contributed by atoms with Crippen molar-refractivity contribution in [1.82, 2.24) is 9.97 Å². The predicted molar refractivity (Wildman–Crippen MR) is 80.0 cm³/mol. The molecule has 100 valence electrons. The predicted octanol–water partition coefficient (Wildman–Crippen LogP) is 4.00. The maximum Gasteiger partial charge on any atom is 0.238 e. The first kappa shape index (κ1) is 13.8. The van der Waals surface area contributed by atoms with Gasteiger partial charge in [-0.05, 0) is 59.5 Å². The van der Waals surface area contributed by atoms with Crippen LogP contribution in [0, 0.1) is 20.8 Å². The Kier molecular flexibility index (Phi) is 4.04. The number of benzene rings is 1. The summed E-state index contributed by atoms with van der Waals surface area (Å²) in [5.74, 6) is 1.85. The van der Waals surface area contributed by atoms with Gasteiger partial charge in [0.1, 0.15) is 5.75 Å². The molecular weight excluding hydrogens is 306 g/mol. The Bertz CT molecular complexity index is 614. The standard InChI is InChI=1S/C14H16BrN3O/c1-8-5-9(2)10(3)12(6-8)19-13-11(15)7-17-14(16-4)18-13/h5-7H,1-4H3,(H,16,17,18). The molecule has 0 aliphatic rings. The maximum atomic E-state index is 5.91. The number of nitrogens with one attached hydrogen (secondary N) is 1. The molecule has 0 spiro atoms. The minimum absolute atomic E-state index is 0.507. The molecule has 0 atom stereocenters. The molecule has 0 aliphatic carbocycles. The van der Waals surface area contributed by atoms with E-state index in [1.807, 2.05) is 19.9 Å². The first-order valence-electron chi connectivity index (χ1n) is 5.97. The number of halogens is 1. The Labute approximate surface area is 121 Å². The van der Waals surface area contributed by atoms with E-state index in [4.69, 9.17) is 4.74 Å². The van der Waals surface area contributed by atoms with Crippen LogP contribution in [0.15, 0.2) is 22.8 Å². The van der Waals surface area contributed by atoms with Crippen molar-refractivity contribution in [3.63, 3.8) is 0 Å². The number of rotatable bonds is 3. The molecule has 0 fully saturated rings. The van der Waals surface area contributed by atoms with Crippen LogP contribution in [0.5, 0.6) is 11.6 Å². The third kappa shape index (κ3) is 3.04. The van der Waals surface area contributed by atoms with Gasteiger partial charge in [0.25, 0.3) is 0 Å². The van der Waals surface area contributed by atoms with E-state index >= 15 is 0 Å². The molecule has 1 aromatic heterocycles. The lowest BCUT2D eigenvalue weighted by atomic mass is 10.1. The Hall–Kier alpha value is -1.62. The van der Waals surface area contributed by atoms with E-state index in [0.717, 1.165) is 21.3 Å². The van der Waals surface area contributed by atoms with Crippen molar-refractivity contribution >= 4 is 21.9 Å². The van der Waals surface area contributed by atoms with Crippen molar-refractivity contribution in [3.05, 3.63) is 39.5 Å². The van der Waals surface area contributed by atoms with Crippen molar-refractivity contribution < 1.29 is 4.74 Å². The second-order valence-corrected chi connectivity index (χ2v) is 5.26. The van der Waals surface area contributed by atoms with Crippen LogP contribution in [-0.2, 0) is 0 Å². The molecule has 0 aliphatic heterocycles. The zero-order valence-corrected chi connectivity index (χ0v) is 13.0. The summed E-state index contributed by atoms with van der Waals surface area (Å²) in [6, 6.07) is 4.15. The summed E-state index contributed by atoms with van der Waals surface area (Å²) in [7, 11) is 1.77. The molecule has 2 rings (SSSR count). The monoisotopic (exact) mass is 321 g/mol. The second-order valence-electron chi connectivity index (χ2n) is 4.40. The molecule has 5 heteroatoms. The number of nitrogens with zero attached hydrogens (tertiary/aromatic N) is 2. The number of ether oxygens (including phenoxy) is 1. The molecule has 0 bridgehead atoms. The molecular formula is C14H16BrN3O. The smallest absolute Gasteiger partial charge is 0.238 e. The molecule has 1 aromatic carbocycles. The molecule has 2 aromatic rings. The van der Waals surface area contributed by atoms with E-state index in [0.29, 0.717) is 11.8 Å². The van der Waals surface area contributed by atoms with Crippen molar-refractivity contribution in [3.8, 4) is 11.6 Å². The van der Waals surface area contributed by atoms with Crippen LogP contribution in [0.1, 0.15) is 16.7 Å². The van der Waals surface area contributed by atoms with Crippen LogP contribution >= 0.6 is 15.9 Å². The highest BCUT2D eigenvalue weighted by Crippen LogP contribution is 2.31. The first-order chi connectivity index (χ1) is 9.01. The number of anilines is 1. The third-order valence-corrected chi connectivity index (χ3v) is 3.45. The van der Waals surface area contributed by atoms with Gasteiger partial charge in [0, 0.05) is 7.05 Å². The molecule has 0 radical (unpaired) electrons. The van der Waals surface area contributed by atoms with Gasteiger partial charge in [-0.1, -0.05) is 6.07 Å². The van der Waals surface area contributed by atoms with E-state index < -0.39 is 0 Å². The zero-order valence-electron chi connectivity index (χ0n) is 11.4. The number of hydrogen-bond donors (Lipinski definition) is 1. The topological polar surface area (TPSA) is 47.0 Å². The fourth-order valence-electron chi connectivity index (χ4n) is 1.75. The molecule has 1 N–H and O–H groups in total.